The summed E-state index contributed by atoms with van der Waals surface area (Å²) in [6.07, 6.45) is 1.01. The number of rotatable bonds is 4. The maximum absolute atomic E-state index is 6.12. The summed E-state index contributed by atoms with van der Waals surface area (Å²) in [6, 6.07) is 24.6. The second kappa shape index (κ2) is 7.46. The van der Waals surface area contributed by atoms with Gasteiger partial charge in [0, 0.05) is 15.1 Å². The zero-order valence-electron chi connectivity index (χ0n) is 13.2. The van der Waals surface area contributed by atoms with Crippen LogP contribution in [0.4, 0.5) is 0 Å². The van der Waals surface area contributed by atoms with Gasteiger partial charge in [-0.25, -0.2) is 0 Å². The van der Waals surface area contributed by atoms with Crippen LogP contribution >= 0.6 is 42.1 Å². The van der Waals surface area contributed by atoms with E-state index in [1.54, 1.807) is 0 Å². The summed E-state index contributed by atoms with van der Waals surface area (Å²) >= 11 is 18.3. The average Bonchev–Trinajstić information content (AvgIpc) is 2.60. The molecule has 122 valence electrons. The standard InChI is InChI=1S/C20H17Cl3P/c1-2-24(18-9-3-15(21)4-10-18,19-11-5-16(22)6-12-19)20-13-7-17(23)8-14-20/h3-14H,2H2,1H3/q+1. The molecule has 0 amide bonds. The van der Waals surface area contributed by atoms with E-state index in [1.165, 1.54) is 15.9 Å². The molecule has 0 spiro atoms. The fourth-order valence-corrected chi connectivity index (χ4v) is 7.42. The van der Waals surface area contributed by atoms with Crippen molar-refractivity contribution in [3.8, 4) is 0 Å². The van der Waals surface area contributed by atoms with Crippen LogP contribution in [0, 0.1) is 0 Å². The summed E-state index contributed by atoms with van der Waals surface area (Å²) in [5.41, 5.74) is 0. The van der Waals surface area contributed by atoms with Gasteiger partial charge < -0.3 is 0 Å². The molecule has 0 aromatic heterocycles. The minimum Gasteiger partial charge on any atom is -0.0843 e. The minimum atomic E-state index is -1.77. The molecule has 24 heavy (non-hydrogen) atoms. The van der Waals surface area contributed by atoms with Gasteiger partial charge >= 0.3 is 0 Å². The van der Waals surface area contributed by atoms with Crippen LogP contribution in [-0.4, -0.2) is 6.16 Å². The zero-order chi connectivity index (χ0) is 17.2. The molecule has 3 rings (SSSR count). The first-order valence-corrected chi connectivity index (χ1v) is 10.8. The highest BCUT2D eigenvalue weighted by Gasteiger charge is 2.43. The van der Waals surface area contributed by atoms with Gasteiger partial charge in [-0.3, -0.25) is 0 Å². The lowest BCUT2D eigenvalue weighted by molar-refractivity contribution is 1.48. The summed E-state index contributed by atoms with van der Waals surface area (Å²) in [5, 5.41) is 6.16. The van der Waals surface area contributed by atoms with Crippen molar-refractivity contribution in [1.82, 2.24) is 0 Å². The van der Waals surface area contributed by atoms with Crippen LogP contribution in [0.25, 0.3) is 0 Å². The van der Waals surface area contributed by atoms with Crippen molar-refractivity contribution in [2.75, 3.05) is 6.16 Å². The molecule has 0 N–H and O–H groups in total. The Kier molecular flexibility index (Phi) is 5.52. The monoisotopic (exact) mass is 393 g/mol. The SMILES string of the molecule is CC[P+](c1ccc(Cl)cc1)(c1ccc(Cl)cc1)c1ccc(Cl)cc1. The topological polar surface area (TPSA) is 0 Å². The molecule has 3 aromatic rings. The minimum absolute atomic E-state index is 0.750. The smallest absolute Gasteiger partial charge is 0.0843 e. The van der Waals surface area contributed by atoms with E-state index in [4.69, 9.17) is 34.8 Å². The molecule has 0 nitrogen and oxygen atoms in total. The number of benzene rings is 3. The van der Waals surface area contributed by atoms with Crippen molar-refractivity contribution in [3.05, 3.63) is 87.9 Å². The van der Waals surface area contributed by atoms with Gasteiger partial charge in [-0.2, -0.15) is 0 Å². The lowest BCUT2D eigenvalue weighted by atomic mass is 10.3. The van der Waals surface area contributed by atoms with Crippen molar-refractivity contribution < 1.29 is 0 Å². The van der Waals surface area contributed by atoms with E-state index in [2.05, 4.69) is 43.3 Å². The van der Waals surface area contributed by atoms with Gasteiger partial charge in [0.25, 0.3) is 0 Å². The molecule has 0 fully saturated rings. The van der Waals surface area contributed by atoms with Gasteiger partial charge in [0.2, 0.25) is 0 Å². The molecular formula is C20H17Cl3P+. The molecule has 3 aromatic carbocycles. The van der Waals surface area contributed by atoms with E-state index in [0.29, 0.717) is 0 Å². The lowest BCUT2D eigenvalue weighted by Gasteiger charge is -2.26. The molecule has 0 aliphatic rings. The number of halogens is 3. The highest BCUT2D eigenvalue weighted by Crippen LogP contribution is 2.55. The molecule has 0 heterocycles. The second-order valence-corrected chi connectivity index (χ2v) is 10.7. The molecule has 0 saturated carbocycles. The van der Waals surface area contributed by atoms with Gasteiger partial charge in [-0.1, -0.05) is 34.8 Å². The summed E-state index contributed by atoms with van der Waals surface area (Å²) < 4.78 is 0. The van der Waals surface area contributed by atoms with E-state index in [1.807, 2.05) is 36.4 Å². The third-order valence-electron chi connectivity index (χ3n) is 4.28. The maximum atomic E-state index is 6.12. The predicted octanol–water partition coefficient (Wildman–Crippen LogP) is 5.96. The lowest BCUT2D eigenvalue weighted by Crippen LogP contribution is -2.32. The van der Waals surface area contributed by atoms with Gasteiger partial charge in [0.05, 0.1) is 6.16 Å². The van der Waals surface area contributed by atoms with Gasteiger partial charge in [0.1, 0.15) is 23.2 Å². The van der Waals surface area contributed by atoms with Crippen LogP contribution in [-0.2, 0) is 0 Å². The van der Waals surface area contributed by atoms with E-state index in [-0.39, 0.29) is 0 Å². The van der Waals surface area contributed by atoms with E-state index < -0.39 is 7.26 Å². The Morgan fingerprint density at radius 2 is 0.792 bits per heavy atom. The fourth-order valence-electron chi connectivity index (χ4n) is 3.08. The summed E-state index contributed by atoms with van der Waals surface area (Å²) in [7, 11) is -1.77. The van der Waals surface area contributed by atoms with Crippen LogP contribution < -0.4 is 15.9 Å². The van der Waals surface area contributed by atoms with E-state index >= 15 is 0 Å². The maximum Gasteiger partial charge on any atom is 0.111 e. The van der Waals surface area contributed by atoms with Crippen molar-refractivity contribution in [3.63, 3.8) is 0 Å². The number of hydrogen-bond donors (Lipinski definition) is 0. The average molecular weight is 395 g/mol. The molecular weight excluding hydrogens is 378 g/mol. The van der Waals surface area contributed by atoms with Crippen molar-refractivity contribution in [1.29, 1.82) is 0 Å². The second-order valence-electron chi connectivity index (χ2n) is 5.56. The van der Waals surface area contributed by atoms with E-state index in [9.17, 15) is 0 Å². The third-order valence-corrected chi connectivity index (χ3v) is 9.52. The van der Waals surface area contributed by atoms with E-state index in [0.717, 1.165) is 21.2 Å². The quantitative estimate of drug-likeness (QED) is 0.479. The Balaban J connectivity index is 2.27. The Bertz CT molecular complexity index is 698. The molecule has 0 aliphatic carbocycles. The molecule has 0 radical (unpaired) electrons. The van der Waals surface area contributed by atoms with Crippen LogP contribution in [0.5, 0.6) is 0 Å². The molecule has 0 bridgehead atoms. The molecule has 4 heteroatoms. The molecule has 0 saturated heterocycles. The first-order chi connectivity index (χ1) is 11.6. The van der Waals surface area contributed by atoms with Gasteiger partial charge in [0.15, 0.2) is 0 Å². The summed E-state index contributed by atoms with van der Waals surface area (Å²) in [5.74, 6) is 0. The highest BCUT2D eigenvalue weighted by atomic mass is 35.5. The molecule has 0 atom stereocenters. The third kappa shape index (κ3) is 3.35. The first kappa shape index (κ1) is 17.8. The highest BCUT2D eigenvalue weighted by molar-refractivity contribution is 7.95. The molecule has 0 aliphatic heterocycles. The van der Waals surface area contributed by atoms with Crippen molar-refractivity contribution >= 4 is 58.0 Å². The van der Waals surface area contributed by atoms with Gasteiger partial charge in [-0.05, 0) is 79.7 Å². The van der Waals surface area contributed by atoms with Crippen molar-refractivity contribution in [2.24, 2.45) is 0 Å². The Hall–Kier alpha value is -1.04. The normalized spacial score (nSPS) is 11.5. The largest absolute Gasteiger partial charge is 0.111 e. The summed E-state index contributed by atoms with van der Waals surface area (Å²) in [6.45, 7) is 2.24. The zero-order valence-corrected chi connectivity index (χ0v) is 16.4. The van der Waals surface area contributed by atoms with Gasteiger partial charge in [-0.15, -0.1) is 0 Å². The Morgan fingerprint density at radius 1 is 0.542 bits per heavy atom. The van der Waals surface area contributed by atoms with Crippen molar-refractivity contribution in [2.45, 2.75) is 6.92 Å². The van der Waals surface area contributed by atoms with Crippen LogP contribution in [0.15, 0.2) is 72.8 Å². The predicted molar refractivity (Wildman–Crippen MR) is 111 cm³/mol. The van der Waals surface area contributed by atoms with Crippen LogP contribution in [0.2, 0.25) is 15.1 Å². The van der Waals surface area contributed by atoms with Crippen LogP contribution in [0.1, 0.15) is 6.92 Å². The Morgan fingerprint density at radius 3 is 1.00 bits per heavy atom. The molecule has 0 unspecified atom stereocenters. The Labute approximate surface area is 158 Å². The summed E-state index contributed by atoms with van der Waals surface area (Å²) in [4.78, 5) is 0. The van der Waals surface area contributed by atoms with Crippen LogP contribution in [0.3, 0.4) is 0 Å². The first-order valence-electron chi connectivity index (χ1n) is 7.73. The number of hydrogen-bond acceptors (Lipinski definition) is 0. The fraction of sp³-hybridized carbons (Fsp3) is 0.100.